The molecule has 6 heteroatoms. The second-order valence-electron chi connectivity index (χ2n) is 2.07. The van der Waals surface area contributed by atoms with E-state index in [1.807, 2.05) is 0 Å². The van der Waals surface area contributed by atoms with Crippen LogP contribution in [0.2, 0.25) is 0 Å². The number of nitrogens with zero attached hydrogens (tertiary/aromatic N) is 1. The molecule has 0 spiro atoms. The van der Waals surface area contributed by atoms with E-state index in [9.17, 15) is 18.0 Å². The number of alkyl halides is 3. The van der Waals surface area contributed by atoms with Gasteiger partial charge in [-0.15, -0.1) is 0 Å². The van der Waals surface area contributed by atoms with E-state index in [0.717, 1.165) is 0 Å². The lowest BCUT2D eigenvalue weighted by Gasteiger charge is -2.07. The van der Waals surface area contributed by atoms with E-state index in [2.05, 4.69) is 4.74 Å². The quantitative estimate of drug-likeness (QED) is 0.602. The van der Waals surface area contributed by atoms with Crippen LogP contribution in [0.25, 0.3) is 0 Å². The fraction of sp³-hybridized carbons (Fsp3) is 0.667. The Hall–Kier alpha value is -1.25. The topological polar surface area (TPSA) is 50.1 Å². The first-order valence-electron chi connectivity index (χ1n) is 3.00. The molecule has 0 aromatic heterocycles. The van der Waals surface area contributed by atoms with E-state index in [4.69, 9.17) is 5.26 Å². The lowest BCUT2D eigenvalue weighted by molar-refractivity contribution is -0.187. The number of rotatable bonds is 2. The SMILES string of the molecule is CC(C#N)C(=O)OCC(F)(F)F. The van der Waals surface area contributed by atoms with Crippen LogP contribution >= 0.6 is 0 Å². The summed E-state index contributed by atoms with van der Waals surface area (Å²) < 4.78 is 38.0. The number of hydrogen-bond donors (Lipinski definition) is 0. The van der Waals surface area contributed by atoms with E-state index >= 15 is 0 Å². The smallest absolute Gasteiger partial charge is 0.422 e. The highest BCUT2D eigenvalue weighted by molar-refractivity contribution is 5.74. The molecule has 0 aromatic carbocycles. The zero-order chi connectivity index (χ0) is 9.78. The third-order valence-electron chi connectivity index (χ3n) is 0.925. The van der Waals surface area contributed by atoms with Crippen molar-refractivity contribution in [2.24, 2.45) is 5.92 Å². The van der Waals surface area contributed by atoms with Crippen molar-refractivity contribution < 1.29 is 22.7 Å². The molecular formula is C6H6F3NO2. The van der Waals surface area contributed by atoms with E-state index < -0.39 is 24.7 Å². The zero-order valence-electron chi connectivity index (χ0n) is 6.18. The van der Waals surface area contributed by atoms with Crippen molar-refractivity contribution in [1.82, 2.24) is 0 Å². The summed E-state index contributed by atoms with van der Waals surface area (Å²) in [7, 11) is 0. The van der Waals surface area contributed by atoms with Gasteiger partial charge in [-0.2, -0.15) is 18.4 Å². The maximum absolute atomic E-state index is 11.4. The number of esters is 1. The van der Waals surface area contributed by atoms with E-state index in [0.29, 0.717) is 0 Å². The lowest BCUT2D eigenvalue weighted by atomic mass is 10.2. The van der Waals surface area contributed by atoms with Crippen molar-refractivity contribution in [3.8, 4) is 6.07 Å². The number of halogens is 3. The molecule has 0 aliphatic carbocycles. The molecule has 0 saturated carbocycles. The Morgan fingerprint density at radius 3 is 2.50 bits per heavy atom. The van der Waals surface area contributed by atoms with Crippen molar-refractivity contribution in [2.75, 3.05) is 6.61 Å². The maximum atomic E-state index is 11.4. The molecule has 0 bridgehead atoms. The summed E-state index contributed by atoms with van der Waals surface area (Å²) in [5.41, 5.74) is 0. The van der Waals surface area contributed by atoms with Crippen LogP contribution in [0.4, 0.5) is 13.2 Å². The van der Waals surface area contributed by atoms with Gasteiger partial charge in [0.1, 0.15) is 5.92 Å². The molecule has 0 radical (unpaired) electrons. The van der Waals surface area contributed by atoms with Gasteiger partial charge in [0.25, 0.3) is 0 Å². The highest BCUT2D eigenvalue weighted by Crippen LogP contribution is 2.15. The number of carbonyl (C=O) groups excluding carboxylic acids is 1. The lowest BCUT2D eigenvalue weighted by Crippen LogP contribution is -2.23. The largest absolute Gasteiger partial charge is 0.455 e. The van der Waals surface area contributed by atoms with Gasteiger partial charge in [0.15, 0.2) is 6.61 Å². The Kier molecular flexibility index (Phi) is 3.54. The maximum Gasteiger partial charge on any atom is 0.422 e. The van der Waals surface area contributed by atoms with Gasteiger partial charge in [-0.05, 0) is 6.92 Å². The van der Waals surface area contributed by atoms with Crippen molar-refractivity contribution in [1.29, 1.82) is 5.26 Å². The first-order chi connectivity index (χ1) is 5.37. The molecule has 1 unspecified atom stereocenters. The second-order valence-corrected chi connectivity index (χ2v) is 2.07. The van der Waals surface area contributed by atoms with Crippen molar-refractivity contribution in [3.05, 3.63) is 0 Å². The summed E-state index contributed by atoms with van der Waals surface area (Å²) in [5, 5.41) is 8.10. The number of nitriles is 1. The van der Waals surface area contributed by atoms with Crippen LogP contribution in [0.3, 0.4) is 0 Å². The third kappa shape index (κ3) is 4.55. The van der Waals surface area contributed by atoms with Gasteiger partial charge in [0.2, 0.25) is 0 Å². The minimum Gasteiger partial charge on any atom is -0.455 e. The Morgan fingerprint density at radius 2 is 2.17 bits per heavy atom. The molecule has 0 heterocycles. The van der Waals surface area contributed by atoms with Gasteiger partial charge >= 0.3 is 12.1 Å². The minimum absolute atomic E-state index is 1.16. The molecule has 0 aliphatic heterocycles. The molecule has 3 nitrogen and oxygen atoms in total. The first kappa shape index (κ1) is 10.8. The summed E-state index contributed by atoms with van der Waals surface area (Å²) >= 11 is 0. The summed E-state index contributed by atoms with van der Waals surface area (Å²) in [6, 6.07) is 1.46. The highest BCUT2D eigenvalue weighted by atomic mass is 19.4. The molecular weight excluding hydrogens is 175 g/mol. The number of ether oxygens (including phenoxy) is 1. The van der Waals surface area contributed by atoms with Crippen LogP contribution in [0, 0.1) is 17.2 Å². The fourth-order valence-electron chi connectivity index (χ4n) is 0.331. The molecule has 0 saturated heterocycles. The predicted molar refractivity (Wildman–Crippen MR) is 31.8 cm³/mol. The molecule has 0 fully saturated rings. The van der Waals surface area contributed by atoms with Gasteiger partial charge in [-0.25, -0.2) is 0 Å². The summed E-state index contributed by atoms with van der Waals surface area (Å²) in [6.07, 6.45) is -4.54. The van der Waals surface area contributed by atoms with Crippen LogP contribution in [0.1, 0.15) is 6.92 Å². The van der Waals surface area contributed by atoms with Gasteiger partial charge in [-0.1, -0.05) is 0 Å². The Balaban J connectivity index is 3.82. The Morgan fingerprint density at radius 1 is 1.67 bits per heavy atom. The van der Waals surface area contributed by atoms with Gasteiger partial charge in [-0.3, -0.25) is 4.79 Å². The molecule has 68 valence electrons. The number of hydrogen-bond acceptors (Lipinski definition) is 3. The van der Waals surface area contributed by atoms with E-state index in [1.54, 1.807) is 0 Å². The first-order valence-corrected chi connectivity index (χ1v) is 3.00. The van der Waals surface area contributed by atoms with Crippen molar-refractivity contribution in [2.45, 2.75) is 13.1 Å². The minimum atomic E-state index is -4.54. The zero-order valence-corrected chi connectivity index (χ0v) is 6.18. The fourth-order valence-corrected chi connectivity index (χ4v) is 0.331. The molecule has 12 heavy (non-hydrogen) atoms. The van der Waals surface area contributed by atoms with Crippen molar-refractivity contribution >= 4 is 5.97 Å². The molecule has 0 rings (SSSR count). The van der Waals surface area contributed by atoms with Gasteiger partial charge < -0.3 is 4.74 Å². The normalized spacial score (nSPS) is 13.2. The molecule has 1 atom stereocenters. The number of carbonyl (C=O) groups is 1. The standard InChI is InChI=1S/C6H6F3NO2/c1-4(2-10)5(11)12-3-6(7,8)9/h4H,3H2,1H3. The Bertz CT molecular complexity index is 206. The van der Waals surface area contributed by atoms with Crippen LogP contribution in [-0.4, -0.2) is 18.8 Å². The molecule has 0 aromatic rings. The van der Waals surface area contributed by atoms with E-state index in [1.165, 1.54) is 13.0 Å². The third-order valence-corrected chi connectivity index (χ3v) is 0.925. The van der Waals surface area contributed by atoms with Crippen LogP contribution in [0.5, 0.6) is 0 Å². The van der Waals surface area contributed by atoms with Crippen LogP contribution in [-0.2, 0) is 9.53 Å². The monoisotopic (exact) mass is 181 g/mol. The summed E-state index contributed by atoms with van der Waals surface area (Å²) in [4.78, 5) is 10.5. The summed E-state index contributed by atoms with van der Waals surface area (Å²) in [5.74, 6) is -2.32. The van der Waals surface area contributed by atoms with Gasteiger partial charge in [0.05, 0.1) is 6.07 Å². The average molecular weight is 181 g/mol. The van der Waals surface area contributed by atoms with E-state index in [-0.39, 0.29) is 0 Å². The average Bonchev–Trinajstić information content (AvgIpc) is 1.97. The predicted octanol–water partition coefficient (Wildman–Crippen LogP) is 1.25. The second kappa shape index (κ2) is 3.95. The molecule has 0 N–H and O–H groups in total. The van der Waals surface area contributed by atoms with Crippen molar-refractivity contribution in [3.63, 3.8) is 0 Å². The highest BCUT2D eigenvalue weighted by Gasteiger charge is 2.30. The molecule has 0 aliphatic rings. The van der Waals surface area contributed by atoms with Crippen LogP contribution in [0.15, 0.2) is 0 Å². The summed E-state index contributed by atoms with van der Waals surface area (Å²) in [6.45, 7) is -0.476. The Labute approximate surface area is 66.7 Å². The van der Waals surface area contributed by atoms with Gasteiger partial charge in [0, 0.05) is 0 Å². The molecule has 0 amide bonds. The van der Waals surface area contributed by atoms with Crippen LogP contribution < -0.4 is 0 Å².